The number of hydrogen-bond acceptors (Lipinski definition) is 5. The van der Waals surface area contributed by atoms with Gasteiger partial charge in [0.25, 0.3) is 5.91 Å². The van der Waals surface area contributed by atoms with Gasteiger partial charge in [0.15, 0.2) is 16.7 Å². The lowest BCUT2D eigenvalue weighted by molar-refractivity contribution is -0.115. The van der Waals surface area contributed by atoms with Gasteiger partial charge in [-0.15, -0.1) is 0 Å². The Morgan fingerprint density at radius 2 is 1.96 bits per heavy atom. The van der Waals surface area contributed by atoms with Gasteiger partial charge in [-0.3, -0.25) is 4.79 Å². The van der Waals surface area contributed by atoms with Gasteiger partial charge in [0, 0.05) is 3.57 Å². The van der Waals surface area contributed by atoms with Gasteiger partial charge in [-0.25, -0.2) is 4.99 Å². The van der Waals surface area contributed by atoms with Gasteiger partial charge in [-0.2, -0.15) is 0 Å². The lowest BCUT2D eigenvalue weighted by Crippen LogP contribution is -2.19. The number of benzene rings is 2. The molecular weight excluding hydrogens is 531 g/mol. The number of hydrogen-bond donors (Lipinski definition) is 1. The zero-order valence-corrected chi connectivity index (χ0v) is 18.4. The molecular formula is C18H14BrIN2O3S. The summed E-state index contributed by atoms with van der Waals surface area (Å²) in [5.41, 5.74) is 1.64. The van der Waals surface area contributed by atoms with Crippen LogP contribution >= 0.6 is 50.3 Å². The van der Waals surface area contributed by atoms with E-state index in [1.54, 1.807) is 26.4 Å². The average Bonchev–Trinajstić information content (AvgIpc) is 2.97. The first-order chi connectivity index (χ1) is 12.5. The summed E-state index contributed by atoms with van der Waals surface area (Å²) in [6.07, 6.45) is 1.80. The molecule has 8 heteroatoms. The number of methoxy groups -OCH3 is 2. The lowest BCUT2D eigenvalue weighted by atomic mass is 10.2. The number of aliphatic imine (C=N–C) groups is 1. The normalized spacial score (nSPS) is 16.8. The Balaban J connectivity index is 1.91. The first-order valence-electron chi connectivity index (χ1n) is 7.48. The largest absolute Gasteiger partial charge is 0.493 e. The maximum Gasteiger partial charge on any atom is 0.264 e. The van der Waals surface area contributed by atoms with Gasteiger partial charge in [-0.1, -0.05) is 12.1 Å². The summed E-state index contributed by atoms with van der Waals surface area (Å²) in [6.45, 7) is 0. The summed E-state index contributed by atoms with van der Waals surface area (Å²) >= 11 is 7.04. The number of rotatable bonds is 4. The van der Waals surface area contributed by atoms with Crippen molar-refractivity contribution in [1.82, 2.24) is 5.32 Å². The molecule has 1 N–H and O–H groups in total. The second kappa shape index (κ2) is 8.45. The van der Waals surface area contributed by atoms with Crippen LogP contribution < -0.4 is 14.8 Å². The highest BCUT2D eigenvalue weighted by Crippen LogP contribution is 2.39. The molecule has 0 unspecified atom stereocenters. The maximum absolute atomic E-state index is 12.3. The van der Waals surface area contributed by atoms with E-state index in [2.05, 4.69) is 48.8 Å². The molecule has 5 nitrogen and oxygen atoms in total. The van der Waals surface area contributed by atoms with Crippen LogP contribution in [0.5, 0.6) is 11.5 Å². The van der Waals surface area contributed by atoms with Crippen LogP contribution in [0.2, 0.25) is 0 Å². The Morgan fingerprint density at radius 1 is 1.19 bits per heavy atom. The van der Waals surface area contributed by atoms with E-state index in [0.29, 0.717) is 21.6 Å². The predicted octanol–water partition coefficient (Wildman–Crippen LogP) is 4.96. The number of para-hydroxylation sites is 1. The Labute approximate surface area is 177 Å². The quantitative estimate of drug-likeness (QED) is 0.436. The van der Waals surface area contributed by atoms with Crippen molar-refractivity contribution in [3.63, 3.8) is 0 Å². The molecule has 134 valence electrons. The van der Waals surface area contributed by atoms with Crippen LogP contribution in [0, 0.1) is 3.57 Å². The maximum atomic E-state index is 12.3. The second-order valence-electron chi connectivity index (χ2n) is 5.14. The number of carbonyl (C=O) groups excluding carboxylic acids is 1. The van der Waals surface area contributed by atoms with Crippen molar-refractivity contribution in [2.45, 2.75) is 0 Å². The van der Waals surface area contributed by atoms with Gasteiger partial charge in [0.05, 0.1) is 29.3 Å². The Kier molecular flexibility index (Phi) is 6.25. The van der Waals surface area contributed by atoms with E-state index in [9.17, 15) is 4.79 Å². The van der Waals surface area contributed by atoms with Crippen molar-refractivity contribution in [3.05, 3.63) is 54.9 Å². The summed E-state index contributed by atoms with van der Waals surface area (Å²) in [7, 11) is 3.15. The van der Waals surface area contributed by atoms with Crippen LogP contribution in [-0.2, 0) is 4.79 Å². The average molecular weight is 545 g/mol. The first kappa shape index (κ1) is 19.2. The topological polar surface area (TPSA) is 59.9 Å². The minimum atomic E-state index is -0.179. The van der Waals surface area contributed by atoms with Gasteiger partial charge in [-0.05, 0) is 86.2 Å². The zero-order chi connectivity index (χ0) is 18.7. The van der Waals surface area contributed by atoms with E-state index in [1.165, 1.54) is 11.8 Å². The first-order valence-corrected chi connectivity index (χ1v) is 10.2. The van der Waals surface area contributed by atoms with Gasteiger partial charge in [0.1, 0.15) is 0 Å². The molecule has 2 aromatic carbocycles. The standard InChI is InChI=1S/C18H14BrIN2O3S/c1-24-13-8-7-10(15(19)16(13)25-2)9-14-17(23)22-18(26-14)21-12-6-4-3-5-11(12)20/h3-9H,1-2H3,(H,21,22,23)/b14-9+. The SMILES string of the molecule is COc1ccc(/C=C2/SC(=Nc3ccccc3I)NC2=O)c(Br)c1OC. The molecule has 0 saturated carbocycles. The van der Waals surface area contributed by atoms with E-state index in [4.69, 9.17) is 9.47 Å². The van der Waals surface area contributed by atoms with E-state index >= 15 is 0 Å². The molecule has 1 heterocycles. The van der Waals surface area contributed by atoms with Crippen LogP contribution in [0.3, 0.4) is 0 Å². The molecule has 1 aliphatic heterocycles. The third-order valence-electron chi connectivity index (χ3n) is 3.53. The van der Waals surface area contributed by atoms with Crippen LogP contribution in [0.4, 0.5) is 5.69 Å². The Bertz CT molecular complexity index is 931. The van der Waals surface area contributed by atoms with Crippen molar-refractivity contribution in [3.8, 4) is 11.5 Å². The minimum Gasteiger partial charge on any atom is -0.493 e. The third kappa shape index (κ3) is 4.07. The Morgan fingerprint density at radius 3 is 2.65 bits per heavy atom. The summed E-state index contributed by atoms with van der Waals surface area (Å²) in [6, 6.07) is 11.4. The van der Waals surface area contributed by atoms with E-state index in [-0.39, 0.29) is 5.91 Å². The highest BCUT2D eigenvalue weighted by Gasteiger charge is 2.25. The molecule has 1 saturated heterocycles. The van der Waals surface area contributed by atoms with Crippen LogP contribution in [-0.4, -0.2) is 25.3 Å². The summed E-state index contributed by atoms with van der Waals surface area (Å²) in [4.78, 5) is 17.4. The molecule has 26 heavy (non-hydrogen) atoms. The third-order valence-corrected chi connectivity index (χ3v) is 6.17. The fraction of sp³-hybridized carbons (Fsp3) is 0.111. The molecule has 1 fully saturated rings. The molecule has 2 aromatic rings. The van der Waals surface area contributed by atoms with Crippen molar-refractivity contribution < 1.29 is 14.3 Å². The van der Waals surface area contributed by atoms with Gasteiger partial charge >= 0.3 is 0 Å². The molecule has 0 aromatic heterocycles. The number of carbonyl (C=O) groups is 1. The molecule has 3 rings (SSSR count). The molecule has 1 amide bonds. The van der Waals surface area contributed by atoms with E-state index in [0.717, 1.165) is 19.3 Å². The molecule has 1 aliphatic rings. The monoisotopic (exact) mass is 544 g/mol. The van der Waals surface area contributed by atoms with Gasteiger partial charge in [0.2, 0.25) is 0 Å². The molecule has 0 aliphatic carbocycles. The van der Waals surface area contributed by atoms with E-state index in [1.807, 2.05) is 30.3 Å². The van der Waals surface area contributed by atoms with Gasteiger partial charge < -0.3 is 14.8 Å². The lowest BCUT2D eigenvalue weighted by Gasteiger charge is -2.11. The van der Waals surface area contributed by atoms with E-state index < -0.39 is 0 Å². The number of nitrogens with zero attached hydrogens (tertiary/aromatic N) is 1. The molecule has 0 radical (unpaired) electrons. The smallest absolute Gasteiger partial charge is 0.264 e. The Hall–Kier alpha value is -1.52. The summed E-state index contributed by atoms with van der Waals surface area (Å²) in [5, 5.41) is 3.36. The zero-order valence-electron chi connectivity index (χ0n) is 13.9. The molecule has 0 spiro atoms. The summed E-state index contributed by atoms with van der Waals surface area (Å²) < 4.78 is 12.4. The number of nitrogens with one attached hydrogen (secondary N) is 1. The number of amidine groups is 1. The van der Waals surface area contributed by atoms with Crippen molar-refractivity contribution in [1.29, 1.82) is 0 Å². The van der Waals surface area contributed by atoms with Crippen molar-refractivity contribution >= 4 is 73.1 Å². The predicted molar refractivity (Wildman–Crippen MR) is 117 cm³/mol. The van der Waals surface area contributed by atoms with Crippen LogP contribution in [0.25, 0.3) is 6.08 Å². The molecule has 0 atom stereocenters. The number of thioether (sulfide) groups is 1. The highest BCUT2D eigenvalue weighted by molar-refractivity contribution is 14.1. The fourth-order valence-electron chi connectivity index (χ4n) is 2.29. The number of ether oxygens (including phenoxy) is 2. The number of amides is 1. The second-order valence-corrected chi connectivity index (χ2v) is 8.12. The van der Waals surface area contributed by atoms with Crippen molar-refractivity contribution in [2.24, 2.45) is 4.99 Å². The minimum absolute atomic E-state index is 0.179. The molecule has 0 bridgehead atoms. The van der Waals surface area contributed by atoms with Crippen LogP contribution in [0.15, 0.2) is 50.8 Å². The number of halogens is 2. The van der Waals surface area contributed by atoms with Crippen LogP contribution in [0.1, 0.15) is 5.56 Å². The summed E-state index contributed by atoms with van der Waals surface area (Å²) in [5.74, 6) is 1.02. The van der Waals surface area contributed by atoms with Crippen molar-refractivity contribution in [2.75, 3.05) is 14.2 Å². The fourth-order valence-corrected chi connectivity index (χ4v) is 4.23. The highest BCUT2D eigenvalue weighted by atomic mass is 127.